The Morgan fingerprint density at radius 1 is 1.14 bits per heavy atom. The van der Waals surface area contributed by atoms with Crippen LogP contribution in [0.1, 0.15) is 28.8 Å². The molecule has 2 aliphatic heterocycles. The van der Waals surface area contributed by atoms with Gasteiger partial charge in [-0.25, -0.2) is 4.79 Å². The molecule has 2 heterocycles. The molecule has 144 valence electrons. The summed E-state index contributed by atoms with van der Waals surface area (Å²) in [5.74, 6) is -0.472. The molecule has 1 fully saturated rings. The molecule has 0 N–H and O–H groups in total. The summed E-state index contributed by atoms with van der Waals surface area (Å²) in [7, 11) is 3.10. The van der Waals surface area contributed by atoms with E-state index in [1.165, 1.54) is 16.8 Å². The van der Waals surface area contributed by atoms with Crippen LogP contribution in [0.2, 0.25) is 0 Å². The number of benzene rings is 2. The van der Waals surface area contributed by atoms with Crippen molar-refractivity contribution in [3.63, 3.8) is 0 Å². The number of nitrogens with zero attached hydrogens (tertiary/aromatic N) is 2. The zero-order valence-electron chi connectivity index (χ0n) is 15.7. The first-order valence-electron chi connectivity index (χ1n) is 8.99. The first kappa shape index (κ1) is 18.0. The van der Waals surface area contributed by atoms with Gasteiger partial charge in [-0.1, -0.05) is 24.3 Å². The summed E-state index contributed by atoms with van der Waals surface area (Å²) in [5.41, 5.74) is 0.148. The van der Waals surface area contributed by atoms with Crippen LogP contribution < -0.4 is 9.64 Å². The third-order valence-electron chi connectivity index (χ3n) is 5.37. The average Bonchev–Trinajstić information content (AvgIpc) is 3.09. The lowest BCUT2D eigenvalue weighted by Gasteiger charge is -2.46. The predicted molar refractivity (Wildman–Crippen MR) is 101 cm³/mol. The molecule has 4 rings (SSSR count). The quantitative estimate of drug-likeness (QED) is 0.761. The van der Waals surface area contributed by atoms with Crippen molar-refractivity contribution >= 4 is 23.5 Å². The molecule has 2 aromatic carbocycles. The predicted octanol–water partition coefficient (Wildman–Crippen LogP) is 2.35. The molecule has 0 aliphatic carbocycles. The third kappa shape index (κ3) is 2.54. The van der Waals surface area contributed by atoms with Gasteiger partial charge >= 0.3 is 5.97 Å². The maximum Gasteiger partial charge on any atom is 0.354 e. The number of hydrogen-bond donors (Lipinski definition) is 0. The molecule has 0 aromatic heterocycles. The van der Waals surface area contributed by atoms with Crippen LogP contribution in [-0.2, 0) is 20.9 Å². The Morgan fingerprint density at radius 3 is 2.71 bits per heavy atom. The number of para-hydroxylation sites is 1. The Balaban J connectivity index is 1.67. The number of carbonyl (C=O) groups excluding carboxylic acids is 3. The fourth-order valence-electron chi connectivity index (χ4n) is 3.92. The third-order valence-corrected chi connectivity index (χ3v) is 5.37. The minimum absolute atomic E-state index is 0.0174. The number of amides is 2. The van der Waals surface area contributed by atoms with Crippen LogP contribution in [0.4, 0.5) is 5.69 Å². The van der Waals surface area contributed by atoms with Crippen LogP contribution in [0.3, 0.4) is 0 Å². The van der Waals surface area contributed by atoms with E-state index in [1.54, 1.807) is 49.6 Å². The number of methoxy groups -OCH3 is 1. The maximum atomic E-state index is 13.2. The fraction of sp³-hybridized carbons (Fsp3) is 0.286. The van der Waals surface area contributed by atoms with E-state index in [-0.39, 0.29) is 31.3 Å². The van der Waals surface area contributed by atoms with Crippen LogP contribution in [0.15, 0.2) is 48.5 Å². The van der Waals surface area contributed by atoms with Gasteiger partial charge in [-0.3, -0.25) is 14.5 Å². The summed E-state index contributed by atoms with van der Waals surface area (Å²) in [6.07, 6.45) is 0.361. The molecule has 0 saturated carbocycles. The number of likely N-dealkylation sites (N-methyl/N-ethyl adjacent to an activating group) is 1. The van der Waals surface area contributed by atoms with Gasteiger partial charge in [-0.05, 0) is 29.8 Å². The second kappa shape index (κ2) is 6.67. The number of esters is 1. The summed E-state index contributed by atoms with van der Waals surface area (Å²) in [4.78, 5) is 41.5. The second-order valence-electron chi connectivity index (χ2n) is 6.85. The standard InChI is InChI=1S/C21H20N2O5/c1-22-19(25)16-8-3-4-9-17(16)23-18(24)10-11-21(22,23)20(26)28-13-14-6-5-7-15(12-14)27-2/h3-9,12H,10-11,13H2,1-2H3. The summed E-state index contributed by atoms with van der Waals surface area (Å²) >= 11 is 0. The highest BCUT2D eigenvalue weighted by atomic mass is 16.5. The van der Waals surface area contributed by atoms with Crippen molar-refractivity contribution in [3.05, 3.63) is 59.7 Å². The molecule has 7 nitrogen and oxygen atoms in total. The Hall–Kier alpha value is -3.35. The van der Waals surface area contributed by atoms with E-state index in [9.17, 15) is 14.4 Å². The van der Waals surface area contributed by atoms with E-state index < -0.39 is 11.6 Å². The SMILES string of the molecule is COc1cccc(COC(=O)C23CCC(=O)N2c2ccccc2C(=O)N3C)c1. The molecule has 2 amide bonds. The number of anilines is 1. The maximum absolute atomic E-state index is 13.2. The van der Waals surface area contributed by atoms with E-state index >= 15 is 0 Å². The summed E-state index contributed by atoms with van der Waals surface area (Å²) in [5, 5.41) is 0. The lowest BCUT2D eigenvalue weighted by atomic mass is 9.97. The molecule has 7 heteroatoms. The van der Waals surface area contributed by atoms with Gasteiger partial charge in [0.05, 0.1) is 18.4 Å². The highest BCUT2D eigenvalue weighted by Gasteiger charge is 2.60. The smallest absolute Gasteiger partial charge is 0.354 e. The molecule has 2 aliphatic rings. The van der Waals surface area contributed by atoms with Gasteiger partial charge < -0.3 is 14.4 Å². The lowest BCUT2D eigenvalue weighted by molar-refractivity contribution is -0.157. The van der Waals surface area contributed by atoms with Gasteiger partial charge in [0.1, 0.15) is 12.4 Å². The first-order valence-corrected chi connectivity index (χ1v) is 8.99. The van der Waals surface area contributed by atoms with Gasteiger partial charge in [0, 0.05) is 19.9 Å². The van der Waals surface area contributed by atoms with E-state index in [4.69, 9.17) is 9.47 Å². The van der Waals surface area contributed by atoms with Gasteiger partial charge in [0.2, 0.25) is 11.6 Å². The average molecular weight is 380 g/mol. The first-order chi connectivity index (χ1) is 13.5. The Labute approximate surface area is 162 Å². The molecule has 28 heavy (non-hydrogen) atoms. The van der Waals surface area contributed by atoms with Crippen LogP contribution in [0.25, 0.3) is 0 Å². The molecule has 1 saturated heterocycles. The molecular formula is C21H20N2O5. The van der Waals surface area contributed by atoms with Crippen molar-refractivity contribution in [2.24, 2.45) is 0 Å². The summed E-state index contributed by atoms with van der Waals surface area (Å²) in [6, 6.07) is 14.0. The number of fused-ring (bicyclic) bond motifs is 3. The zero-order chi connectivity index (χ0) is 19.9. The van der Waals surface area contributed by atoms with E-state index in [0.29, 0.717) is 17.0 Å². The highest BCUT2D eigenvalue weighted by molar-refractivity contribution is 6.15. The molecular weight excluding hydrogens is 360 g/mol. The number of rotatable bonds is 4. The van der Waals surface area contributed by atoms with E-state index in [0.717, 1.165) is 5.56 Å². The Bertz CT molecular complexity index is 973. The second-order valence-corrected chi connectivity index (χ2v) is 6.85. The molecule has 0 bridgehead atoms. The van der Waals surface area contributed by atoms with Crippen LogP contribution in [-0.4, -0.2) is 42.5 Å². The van der Waals surface area contributed by atoms with Crippen molar-refractivity contribution in [3.8, 4) is 5.75 Å². The van der Waals surface area contributed by atoms with Gasteiger partial charge in [-0.15, -0.1) is 0 Å². The molecule has 1 atom stereocenters. The van der Waals surface area contributed by atoms with Crippen molar-refractivity contribution < 1.29 is 23.9 Å². The van der Waals surface area contributed by atoms with Crippen LogP contribution >= 0.6 is 0 Å². The van der Waals surface area contributed by atoms with Gasteiger partial charge in [-0.2, -0.15) is 0 Å². The van der Waals surface area contributed by atoms with Crippen molar-refractivity contribution in [1.29, 1.82) is 0 Å². The number of ether oxygens (including phenoxy) is 2. The summed E-state index contributed by atoms with van der Waals surface area (Å²) < 4.78 is 10.8. The van der Waals surface area contributed by atoms with Gasteiger partial charge in [0.15, 0.2) is 0 Å². The van der Waals surface area contributed by atoms with E-state index in [1.807, 2.05) is 6.07 Å². The minimum atomic E-state index is -1.46. The van der Waals surface area contributed by atoms with Gasteiger partial charge in [0.25, 0.3) is 5.91 Å². The zero-order valence-corrected chi connectivity index (χ0v) is 15.7. The molecule has 1 unspecified atom stereocenters. The Kier molecular flexibility index (Phi) is 4.30. The Morgan fingerprint density at radius 2 is 1.93 bits per heavy atom. The molecule has 0 spiro atoms. The van der Waals surface area contributed by atoms with Crippen molar-refractivity contribution in [2.45, 2.75) is 25.1 Å². The van der Waals surface area contributed by atoms with Crippen LogP contribution in [0.5, 0.6) is 5.75 Å². The van der Waals surface area contributed by atoms with Crippen molar-refractivity contribution in [1.82, 2.24) is 4.90 Å². The van der Waals surface area contributed by atoms with Crippen LogP contribution in [0, 0.1) is 0 Å². The minimum Gasteiger partial charge on any atom is -0.497 e. The van der Waals surface area contributed by atoms with Crippen molar-refractivity contribution in [2.75, 3.05) is 19.1 Å². The lowest BCUT2D eigenvalue weighted by Crippen LogP contribution is -2.67. The topological polar surface area (TPSA) is 76.1 Å². The fourth-order valence-corrected chi connectivity index (χ4v) is 3.92. The normalized spacial score (nSPS) is 20.6. The van der Waals surface area contributed by atoms with E-state index in [2.05, 4.69) is 0 Å². The number of carbonyl (C=O) groups is 3. The number of hydrogen-bond acceptors (Lipinski definition) is 5. The molecule has 2 aromatic rings. The molecule has 0 radical (unpaired) electrons. The monoisotopic (exact) mass is 380 g/mol. The summed E-state index contributed by atoms with van der Waals surface area (Å²) in [6.45, 7) is 0.0174. The largest absolute Gasteiger partial charge is 0.497 e. The highest BCUT2D eigenvalue weighted by Crippen LogP contribution is 2.44.